The van der Waals surface area contributed by atoms with Crippen molar-refractivity contribution < 1.29 is 13.2 Å². The van der Waals surface area contributed by atoms with Crippen LogP contribution in [0.15, 0.2) is 76.6 Å². The SMILES string of the molecule is CCCn1c(=NC(=O)c2ccc(S(=O)(=O)N3CCc4ccccc4C3)cc2)sc2cc(C(C)C)ccc21. The van der Waals surface area contributed by atoms with Crippen LogP contribution in [0.25, 0.3) is 10.2 Å². The van der Waals surface area contributed by atoms with E-state index in [-0.39, 0.29) is 10.8 Å². The molecule has 0 fully saturated rings. The van der Waals surface area contributed by atoms with E-state index in [0.29, 0.717) is 35.8 Å². The number of aromatic nitrogens is 1. The smallest absolute Gasteiger partial charge is 0.279 e. The quantitative estimate of drug-likeness (QED) is 0.318. The van der Waals surface area contributed by atoms with Gasteiger partial charge in [0.1, 0.15) is 0 Å². The van der Waals surface area contributed by atoms with Gasteiger partial charge in [-0.15, -0.1) is 0 Å². The van der Waals surface area contributed by atoms with Gasteiger partial charge in [-0.1, -0.05) is 62.4 Å². The van der Waals surface area contributed by atoms with Crippen LogP contribution in [0, 0.1) is 0 Å². The van der Waals surface area contributed by atoms with Gasteiger partial charge in [-0.25, -0.2) is 8.42 Å². The Kier molecular flexibility index (Phi) is 7.16. The molecule has 1 amide bonds. The Morgan fingerprint density at radius 3 is 2.46 bits per heavy atom. The zero-order valence-corrected chi connectivity index (χ0v) is 23.0. The topological polar surface area (TPSA) is 71.7 Å². The summed E-state index contributed by atoms with van der Waals surface area (Å²) in [6.07, 6.45) is 1.61. The highest BCUT2D eigenvalue weighted by atomic mass is 32.2. The lowest BCUT2D eigenvalue weighted by Gasteiger charge is -2.28. The fraction of sp³-hybridized carbons (Fsp3) is 0.310. The number of hydrogen-bond acceptors (Lipinski definition) is 4. The first-order chi connectivity index (χ1) is 17.8. The van der Waals surface area contributed by atoms with E-state index in [1.165, 1.54) is 38.9 Å². The van der Waals surface area contributed by atoms with Crippen LogP contribution in [0.5, 0.6) is 0 Å². The van der Waals surface area contributed by atoms with E-state index in [1.807, 2.05) is 24.3 Å². The highest BCUT2D eigenvalue weighted by molar-refractivity contribution is 7.89. The van der Waals surface area contributed by atoms with Crippen molar-refractivity contribution in [3.05, 3.63) is 93.8 Å². The lowest BCUT2D eigenvalue weighted by molar-refractivity contribution is 0.0997. The van der Waals surface area contributed by atoms with E-state index in [4.69, 9.17) is 0 Å². The van der Waals surface area contributed by atoms with Crippen LogP contribution in [0.4, 0.5) is 0 Å². The molecule has 192 valence electrons. The van der Waals surface area contributed by atoms with Crippen LogP contribution in [0.2, 0.25) is 0 Å². The molecule has 37 heavy (non-hydrogen) atoms. The molecular formula is C29H31N3O3S2. The van der Waals surface area contributed by atoms with Crippen LogP contribution in [-0.2, 0) is 29.5 Å². The second-order valence-corrected chi connectivity index (χ2v) is 12.7. The normalized spacial score (nSPS) is 14.9. The molecule has 5 rings (SSSR count). The molecule has 1 aromatic heterocycles. The fourth-order valence-electron chi connectivity index (χ4n) is 4.72. The molecule has 3 aromatic carbocycles. The number of benzene rings is 3. The third-order valence-electron chi connectivity index (χ3n) is 6.85. The van der Waals surface area contributed by atoms with Crippen LogP contribution in [-0.4, -0.2) is 29.7 Å². The number of carbonyl (C=O) groups is 1. The maximum absolute atomic E-state index is 13.3. The number of hydrogen-bond donors (Lipinski definition) is 0. The molecule has 0 radical (unpaired) electrons. The van der Waals surface area contributed by atoms with Gasteiger partial charge >= 0.3 is 0 Å². The van der Waals surface area contributed by atoms with Gasteiger partial charge in [0.05, 0.1) is 15.1 Å². The minimum Gasteiger partial charge on any atom is -0.316 e. The van der Waals surface area contributed by atoms with E-state index < -0.39 is 10.0 Å². The van der Waals surface area contributed by atoms with Crippen molar-refractivity contribution in [1.29, 1.82) is 0 Å². The Morgan fingerprint density at radius 2 is 1.76 bits per heavy atom. The first-order valence-electron chi connectivity index (χ1n) is 12.7. The van der Waals surface area contributed by atoms with Gasteiger partial charge in [-0.3, -0.25) is 4.79 Å². The van der Waals surface area contributed by atoms with Crippen molar-refractivity contribution in [2.45, 2.75) is 57.5 Å². The van der Waals surface area contributed by atoms with Gasteiger partial charge in [0.2, 0.25) is 10.0 Å². The molecule has 0 N–H and O–H groups in total. The van der Waals surface area contributed by atoms with Crippen molar-refractivity contribution in [1.82, 2.24) is 8.87 Å². The molecule has 0 atom stereocenters. The summed E-state index contributed by atoms with van der Waals surface area (Å²) in [5.41, 5.74) is 4.92. The zero-order valence-electron chi connectivity index (χ0n) is 21.3. The Hall–Kier alpha value is -3.07. The Bertz CT molecular complexity index is 1630. The van der Waals surface area contributed by atoms with Gasteiger partial charge in [-0.2, -0.15) is 9.30 Å². The molecule has 4 aromatic rings. The number of amides is 1. The van der Waals surface area contributed by atoms with E-state index in [9.17, 15) is 13.2 Å². The lowest BCUT2D eigenvalue weighted by atomic mass is 10.0. The average Bonchev–Trinajstić information content (AvgIpc) is 3.24. The lowest BCUT2D eigenvalue weighted by Crippen LogP contribution is -2.35. The van der Waals surface area contributed by atoms with Crippen LogP contribution in [0.1, 0.15) is 60.2 Å². The maximum Gasteiger partial charge on any atom is 0.279 e. The van der Waals surface area contributed by atoms with E-state index >= 15 is 0 Å². The largest absolute Gasteiger partial charge is 0.316 e. The van der Waals surface area contributed by atoms with Gasteiger partial charge in [0, 0.05) is 25.2 Å². The Balaban J connectivity index is 1.42. The van der Waals surface area contributed by atoms with Gasteiger partial charge in [-0.05, 0) is 71.8 Å². The van der Waals surface area contributed by atoms with E-state index in [2.05, 4.69) is 48.5 Å². The standard InChI is InChI=1S/C29H31N3O3S2/c1-4-16-32-26-14-11-23(20(2)3)18-27(26)36-29(32)30-28(33)22-9-12-25(13-10-22)37(34,35)31-17-15-21-7-5-6-8-24(21)19-31/h5-14,18,20H,4,15-17,19H2,1-3H3. The van der Waals surface area contributed by atoms with Crippen LogP contribution in [0.3, 0.4) is 0 Å². The maximum atomic E-state index is 13.3. The Labute approximate surface area is 222 Å². The molecule has 0 bridgehead atoms. The third kappa shape index (κ3) is 5.06. The summed E-state index contributed by atoms with van der Waals surface area (Å²) in [6, 6.07) is 20.5. The minimum absolute atomic E-state index is 0.188. The van der Waals surface area contributed by atoms with Crippen LogP contribution >= 0.6 is 11.3 Å². The van der Waals surface area contributed by atoms with Gasteiger partial charge in [0.25, 0.3) is 5.91 Å². The van der Waals surface area contributed by atoms with E-state index in [0.717, 1.165) is 28.7 Å². The second-order valence-electron chi connectivity index (χ2n) is 9.72. The first kappa shape index (κ1) is 25.6. The molecule has 1 aliphatic heterocycles. The molecule has 8 heteroatoms. The van der Waals surface area contributed by atoms with Crippen molar-refractivity contribution in [3.63, 3.8) is 0 Å². The number of aryl methyl sites for hydroxylation is 1. The second kappa shape index (κ2) is 10.4. The molecule has 0 spiro atoms. The predicted molar refractivity (Wildman–Crippen MR) is 148 cm³/mol. The number of sulfonamides is 1. The van der Waals surface area contributed by atoms with Crippen molar-refractivity contribution in [2.75, 3.05) is 6.54 Å². The molecule has 2 heterocycles. The summed E-state index contributed by atoms with van der Waals surface area (Å²) in [5.74, 6) is 0.0407. The highest BCUT2D eigenvalue weighted by Crippen LogP contribution is 2.26. The zero-order chi connectivity index (χ0) is 26.2. The molecule has 0 saturated carbocycles. The summed E-state index contributed by atoms with van der Waals surface area (Å²) in [4.78, 5) is 18.4. The molecule has 6 nitrogen and oxygen atoms in total. The number of rotatable bonds is 6. The summed E-state index contributed by atoms with van der Waals surface area (Å²) >= 11 is 1.51. The average molecular weight is 534 g/mol. The van der Waals surface area contributed by atoms with Gasteiger partial charge in [0.15, 0.2) is 4.80 Å². The van der Waals surface area contributed by atoms with Gasteiger partial charge < -0.3 is 4.57 Å². The number of thiazole rings is 1. The minimum atomic E-state index is -3.66. The number of carbonyl (C=O) groups excluding carboxylic acids is 1. The third-order valence-corrected chi connectivity index (χ3v) is 9.75. The predicted octanol–water partition coefficient (Wildman–Crippen LogP) is 5.72. The summed E-state index contributed by atoms with van der Waals surface area (Å²) < 4.78 is 31.3. The monoisotopic (exact) mass is 533 g/mol. The molecular weight excluding hydrogens is 502 g/mol. The van der Waals surface area contributed by atoms with Crippen molar-refractivity contribution in [2.24, 2.45) is 4.99 Å². The molecule has 1 aliphatic rings. The summed E-state index contributed by atoms with van der Waals surface area (Å²) in [6.45, 7) is 8.00. The van der Waals surface area contributed by atoms with Crippen molar-refractivity contribution >= 4 is 37.5 Å². The highest BCUT2D eigenvalue weighted by Gasteiger charge is 2.28. The Morgan fingerprint density at radius 1 is 1.03 bits per heavy atom. The first-order valence-corrected chi connectivity index (χ1v) is 14.9. The van der Waals surface area contributed by atoms with Crippen LogP contribution < -0.4 is 4.80 Å². The number of nitrogens with zero attached hydrogens (tertiary/aromatic N) is 3. The molecule has 0 aliphatic carbocycles. The fourth-order valence-corrected chi connectivity index (χ4v) is 7.24. The molecule has 0 saturated heterocycles. The number of fused-ring (bicyclic) bond motifs is 2. The summed E-state index contributed by atoms with van der Waals surface area (Å²) in [5, 5.41) is 0. The van der Waals surface area contributed by atoms with E-state index in [1.54, 1.807) is 12.1 Å². The summed E-state index contributed by atoms with van der Waals surface area (Å²) in [7, 11) is -3.66. The molecule has 0 unspecified atom stereocenters. The van der Waals surface area contributed by atoms with Crippen molar-refractivity contribution in [3.8, 4) is 0 Å².